The summed E-state index contributed by atoms with van der Waals surface area (Å²) in [7, 11) is -4.11. The maximum absolute atomic E-state index is 6.32. The summed E-state index contributed by atoms with van der Waals surface area (Å²) in [6, 6.07) is 0. The van der Waals surface area contributed by atoms with Gasteiger partial charge < -0.3 is 13.0 Å². The first-order valence-corrected chi connectivity index (χ1v) is 16.4. The first-order chi connectivity index (χ1) is 11.8. The molecule has 0 unspecified atom stereocenters. The molecule has 0 bridgehead atoms. The fourth-order valence-corrected chi connectivity index (χ4v) is 9.53. The highest BCUT2D eigenvalue weighted by molar-refractivity contribution is 6.78. The minimum absolute atomic E-state index is 0.829. The molecule has 0 spiro atoms. The maximum Gasteiger partial charge on any atom is 0.322 e. The lowest BCUT2D eigenvalue weighted by atomic mass is 10.1. The topological polar surface area (TPSA) is 27.7 Å². The van der Waals surface area contributed by atoms with Crippen LogP contribution in [0.3, 0.4) is 0 Å². The summed E-state index contributed by atoms with van der Waals surface area (Å²) in [6.45, 7) is 14.8. The van der Waals surface area contributed by atoms with Crippen molar-refractivity contribution in [1.82, 2.24) is 0 Å². The van der Waals surface area contributed by atoms with Gasteiger partial charge in [0.25, 0.3) is 0 Å². The van der Waals surface area contributed by atoms with Crippen molar-refractivity contribution in [1.29, 1.82) is 0 Å². The van der Waals surface area contributed by atoms with E-state index in [-0.39, 0.29) is 0 Å². The quantitative estimate of drug-likeness (QED) is 0.183. The smallest absolute Gasteiger partial charge is 0.322 e. The SMILES string of the molecule is CCCCCCCCCCCO[Si](C)(C)O[Si](C)(C)OCCCCC. The van der Waals surface area contributed by atoms with Gasteiger partial charge in [-0.2, -0.15) is 0 Å². The van der Waals surface area contributed by atoms with E-state index in [1.54, 1.807) is 0 Å². The van der Waals surface area contributed by atoms with Crippen LogP contribution in [0, 0.1) is 0 Å². The van der Waals surface area contributed by atoms with Gasteiger partial charge in [-0.25, -0.2) is 0 Å². The van der Waals surface area contributed by atoms with Gasteiger partial charge in [0.1, 0.15) is 0 Å². The molecule has 0 N–H and O–H groups in total. The molecule has 0 amide bonds. The number of hydrogen-bond acceptors (Lipinski definition) is 3. The van der Waals surface area contributed by atoms with E-state index in [9.17, 15) is 0 Å². The van der Waals surface area contributed by atoms with Gasteiger partial charge in [-0.15, -0.1) is 0 Å². The lowest BCUT2D eigenvalue weighted by molar-refractivity contribution is 0.190. The summed E-state index contributed by atoms with van der Waals surface area (Å²) in [5, 5.41) is 0. The molecule has 0 rings (SSSR count). The van der Waals surface area contributed by atoms with Crippen molar-refractivity contribution < 1.29 is 13.0 Å². The molecule has 0 aliphatic heterocycles. The standard InChI is InChI=1S/C20H46O3Si2/c1-7-9-11-12-13-14-15-16-18-20-22-25(5,6)23-24(3,4)21-19-17-10-8-2/h7-20H2,1-6H3. The van der Waals surface area contributed by atoms with Gasteiger partial charge in [-0.1, -0.05) is 78.1 Å². The predicted octanol–water partition coefficient (Wildman–Crippen LogP) is 7.16. The molecule has 0 aliphatic carbocycles. The maximum atomic E-state index is 6.32. The van der Waals surface area contributed by atoms with Crippen LogP contribution in [0.2, 0.25) is 26.2 Å². The van der Waals surface area contributed by atoms with Crippen LogP contribution in [0.5, 0.6) is 0 Å². The lowest BCUT2D eigenvalue weighted by Gasteiger charge is -2.32. The molecule has 0 aromatic heterocycles. The van der Waals surface area contributed by atoms with E-state index in [1.165, 1.54) is 64.2 Å². The Morgan fingerprint density at radius 3 is 1.24 bits per heavy atom. The van der Waals surface area contributed by atoms with Gasteiger partial charge in [0.2, 0.25) is 0 Å². The minimum atomic E-state index is -2.06. The zero-order valence-electron chi connectivity index (χ0n) is 18.1. The van der Waals surface area contributed by atoms with E-state index >= 15 is 0 Å². The molecule has 0 fully saturated rings. The van der Waals surface area contributed by atoms with Gasteiger partial charge in [0.05, 0.1) is 0 Å². The Hall–Kier alpha value is 0.314. The predicted molar refractivity (Wildman–Crippen MR) is 115 cm³/mol. The molecule has 0 saturated carbocycles. The van der Waals surface area contributed by atoms with Crippen molar-refractivity contribution in [3.05, 3.63) is 0 Å². The molecular formula is C20H46O3Si2. The largest absolute Gasteiger partial charge is 0.415 e. The van der Waals surface area contributed by atoms with Crippen LogP contribution < -0.4 is 0 Å². The summed E-state index contributed by atoms with van der Waals surface area (Å²) in [5.41, 5.74) is 0. The van der Waals surface area contributed by atoms with Gasteiger partial charge in [0, 0.05) is 13.2 Å². The van der Waals surface area contributed by atoms with E-state index in [1.807, 2.05) is 0 Å². The fraction of sp³-hybridized carbons (Fsp3) is 1.00. The van der Waals surface area contributed by atoms with Gasteiger partial charge in [-0.05, 0) is 39.0 Å². The van der Waals surface area contributed by atoms with Crippen LogP contribution in [0.25, 0.3) is 0 Å². The molecule has 152 valence electrons. The fourth-order valence-electron chi connectivity index (χ4n) is 3.05. The molecule has 0 aromatic rings. The van der Waals surface area contributed by atoms with Crippen LogP contribution in [0.15, 0.2) is 0 Å². The Kier molecular flexibility index (Phi) is 15.6. The highest BCUT2D eigenvalue weighted by atomic mass is 28.5. The Morgan fingerprint density at radius 1 is 0.480 bits per heavy atom. The third-order valence-corrected chi connectivity index (χ3v) is 10.1. The van der Waals surface area contributed by atoms with E-state index in [4.69, 9.17) is 13.0 Å². The number of unbranched alkanes of at least 4 members (excludes halogenated alkanes) is 10. The van der Waals surface area contributed by atoms with E-state index < -0.39 is 17.1 Å². The second-order valence-electron chi connectivity index (χ2n) is 8.13. The van der Waals surface area contributed by atoms with Gasteiger partial charge >= 0.3 is 17.1 Å². The summed E-state index contributed by atoms with van der Waals surface area (Å²) >= 11 is 0. The van der Waals surface area contributed by atoms with Crippen LogP contribution in [-0.2, 0) is 13.0 Å². The second-order valence-corrected chi connectivity index (χ2v) is 15.1. The number of rotatable bonds is 18. The molecule has 3 nitrogen and oxygen atoms in total. The van der Waals surface area contributed by atoms with E-state index in [2.05, 4.69) is 40.0 Å². The third-order valence-electron chi connectivity index (χ3n) is 4.39. The molecule has 0 aromatic carbocycles. The molecule has 25 heavy (non-hydrogen) atoms. The zero-order valence-corrected chi connectivity index (χ0v) is 20.1. The Labute approximate surface area is 160 Å². The van der Waals surface area contributed by atoms with Crippen molar-refractivity contribution >= 4 is 17.1 Å². The summed E-state index contributed by atoms with van der Waals surface area (Å²) < 4.78 is 18.5. The summed E-state index contributed by atoms with van der Waals surface area (Å²) in [5.74, 6) is 0. The summed E-state index contributed by atoms with van der Waals surface area (Å²) in [4.78, 5) is 0. The first-order valence-electron chi connectivity index (χ1n) is 10.8. The second kappa shape index (κ2) is 15.4. The summed E-state index contributed by atoms with van der Waals surface area (Å²) in [6.07, 6.45) is 15.7. The Morgan fingerprint density at radius 2 is 0.800 bits per heavy atom. The van der Waals surface area contributed by atoms with Crippen molar-refractivity contribution in [2.24, 2.45) is 0 Å². The highest BCUT2D eigenvalue weighted by Gasteiger charge is 2.36. The average Bonchev–Trinajstić information content (AvgIpc) is 2.52. The third kappa shape index (κ3) is 17.5. The van der Waals surface area contributed by atoms with Crippen LogP contribution >= 0.6 is 0 Å². The van der Waals surface area contributed by atoms with Crippen LogP contribution in [0.1, 0.15) is 90.9 Å². The lowest BCUT2D eigenvalue weighted by Crippen LogP contribution is -2.48. The van der Waals surface area contributed by atoms with E-state index in [0.717, 1.165) is 26.1 Å². The monoisotopic (exact) mass is 390 g/mol. The van der Waals surface area contributed by atoms with Crippen LogP contribution in [-0.4, -0.2) is 30.3 Å². The van der Waals surface area contributed by atoms with E-state index in [0.29, 0.717) is 0 Å². The minimum Gasteiger partial charge on any atom is -0.415 e. The zero-order chi connectivity index (χ0) is 19.0. The molecule has 0 atom stereocenters. The Bertz CT molecular complexity index is 297. The van der Waals surface area contributed by atoms with Gasteiger partial charge in [0.15, 0.2) is 0 Å². The van der Waals surface area contributed by atoms with Crippen molar-refractivity contribution in [3.8, 4) is 0 Å². The molecule has 0 aliphatic rings. The average molecular weight is 391 g/mol. The first kappa shape index (κ1) is 25.3. The molecule has 5 heteroatoms. The normalized spacial score (nSPS) is 12.7. The van der Waals surface area contributed by atoms with Crippen molar-refractivity contribution in [3.63, 3.8) is 0 Å². The van der Waals surface area contributed by atoms with Crippen molar-refractivity contribution in [2.75, 3.05) is 13.2 Å². The molecule has 0 radical (unpaired) electrons. The molecule has 0 saturated heterocycles. The molecule has 0 heterocycles. The number of hydrogen-bond donors (Lipinski definition) is 0. The highest BCUT2D eigenvalue weighted by Crippen LogP contribution is 2.18. The van der Waals surface area contributed by atoms with Crippen LogP contribution in [0.4, 0.5) is 0 Å². The Balaban J connectivity index is 3.68. The molecular weight excluding hydrogens is 344 g/mol. The van der Waals surface area contributed by atoms with Crippen molar-refractivity contribution in [2.45, 2.75) is 117 Å². The van der Waals surface area contributed by atoms with Gasteiger partial charge in [-0.3, -0.25) is 0 Å².